The van der Waals surface area contributed by atoms with Crippen molar-refractivity contribution in [1.82, 2.24) is 0 Å². The van der Waals surface area contributed by atoms with Gasteiger partial charge in [0.05, 0.1) is 12.2 Å². The van der Waals surface area contributed by atoms with E-state index in [0.717, 1.165) is 12.8 Å². The molecule has 5 nitrogen and oxygen atoms in total. The summed E-state index contributed by atoms with van der Waals surface area (Å²) in [5, 5.41) is 2.77. The van der Waals surface area contributed by atoms with Crippen molar-refractivity contribution in [3.05, 3.63) is 59.7 Å². The van der Waals surface area contributed by atoms with E-state index in [1.165, 1.54) is 5.56 Å². The average molecular weight is 426 g/mol. The van der Waals surface area contributed by atoms with Crippen LogP contribution in [0.5, 0.6) is 5.75 Å². The van der Waals surface area contributed by atoms with Crippen molar-refractivity contribution >= 4 is 17.6 Å². The van der Waals surface area contributed by atoms with E-state index in [9.17, 15) is 9.59 Å². The van der Waals surface area contributed by atoms with Crippen LogP contribution in [-0.4, -0.2) is 25.1 Å². The van der Waals surface area contributed by atoms with Crippen LogP contribution in [0.15, 0.2) is 48.5 Å². The van der Waals surface area contributed by atoms with E-state index in [2.05, 4.69) is 52.1 Å². The third-order valence-electron chi connectivity index (χ3n) is 4.82. The summed E-state index contributed by atoms with van der Waals surface area (Å²) in [6, 6.07) is 14.6. The highest BCUT2D eigenvalue weighted by Gasteiger charge is 2.27. The zero-order valence-corrected chi connectivity index (χ0v) is 19.6. The summed E-state index contributed by atoms with van der Waals surface area (Å²) in [6.45, 7) is 13.5. The first-order valence-electron chi connectivity index (χ1n) is 10.8. The summed E-state index contributed by atoms with van der Waals surface area (Å²) >= 11 is 0. The van der Waals surface area contributed by atoms with E-state index in [4.69, 9.17) is 9.47 Å². The minimum absolute atomic E-state index is 0.0588. The van der Waals surface area contributed by atoms with Crippen LogP contribution in [0.1, 0.15) is 70.3 Å². The molecule has 0 atom stereocenters. The number of benzene rings is 2. The van der Waals surface area contributed by atoms with Crippen molar-refractivity contribution in [1.29, 1.82) is 0 Å². The van der Waals surface area contributed by atoms with Gasteiger partial charge in [-0.1, -0.05) is 53.7 Å². The van der Waals surface area contributed by atoms with E-state index in [0.29, 0.717) is 23.6 Å². The predicted octanol–water partition coefficient (Wildman–Crippen LogP) is 5.98. The molecular formula is C26H35NO4. The largest absolute Gasteiger partial charge is 0.484 e. The zero-order chi connectivity index (χ0) is 23.1. The number of rotatable bonds is 9. The molecule has 2 aromatic carbocycles. The van der Waals surface area contributed by atoms with Crippen molar-refractivity contribution in [3.8, 4) is 5.75 Å². The van der Waals surface area contributed by atoms with Gasteiger partial charge in [-0.3, -0.25) is 4.79 Å². The van der Waals surface area contributed by atoms with Gasteiger partial charge in [0.15, 0.2) is 6.61 Å². The monoisotopic (exact) mass is 425 g/mol. The Bertz CT molecular complexity index is 862. The average Bonchev–Trinajstić information content (AvgIpc) is 2.69. The quantitative estimate of drug-likeness (QED) is 0.502. The Kier molecular flexibility index (Phi) is 8.26. The van der Waals surface area contributed by atoms with Crippen LogP contribution in [0.25, 0.3) is 0 Å². The summed E-state index contributed by atoms with van der Waals surface area (Å²) in [5.41, 5.74) is 2.60. The standard InChI is InChI=1S/C26H35NO4/c1-7-16-30-24(29)19-8-12-21(13-9-19)27-23(28)17-31-22-14-10-20(11-15-22)26(5,6)18-25(2,3)4/h8-15H,7,16-18H2,1-6H3,(H,27,28). The van der Waals surface area contributed by atoms with Crippen LogP contribution in [0.4, 0.5) is 5.69 Å². The van der Waals surface area contributed by atoms with Crippen LogP contribution in [0.2, 0.25) is 0 Å². The van der Waals surface area contributed by atoms with Gasteiger partial charge in [0.2, 0.25) is 0 Å². The highest BCUT2D eigenvalue weighted by Crippen LogP contribution is 2.36. The first kappa shape index (κ1) is 24.4. The number of carbonyl (C=O) groups excluding carboxylic acids is 2. The Morgan fingerprint density at radius 3 is 2.06 bits per heavy atom. The third kappa shape index (κ3) is 8.08. The normalized spacial score (nSPS) is 11.7. The molecule has 0 unspecified atom stereocenters. The van der Waals surface area contributed by atoms with Crippen LogP contribution in [0, 0.1) is 5.41 Å². The highest BCUT2D eigenvalue weighted by atomic mass is 16.5. The fourth-order valence-electron chi connectivity index (χ4n) is 3.74. The third-order valence-corrected chi connectivity index (χ3v) is 4.82. The van der Waals surface area contributed by atoms with Crippen molar-refractivity contribution in [2.45, 2.75) is 59.8 Å². The number of carbonyl (C=O) groups is 2. The lowest BCUT2D eigenvalue weighted by molar-refractivity contribution is -0.118. The first-order chi connectivity index (χ1) is 14.5. The molecule has 0 radical (unpaired) electrons. The molecule has 1 amide bonds. The summed E-state index contributed by atoms with van der Waals surface area (Å²) in [5.74, 6) is 0.0232. The van der Waals surface area contributed by atoms with Gasteiger partial charge in [0, 0.05) is 5.69 Å². The molecule has 0 aliphatic rings. The summed E-state index contributed by atoms with van der Waals surface area (Å²) < 4.78 is 10.7. The van der Waals surface area contributed by atoms with Gasteiger partial charge in [0.1, 0.15) is 5.75 Å². The van der Waals surface area contributed by atoms with Crippen LogP contribution < -0.4 is 10.1 Å². The van der Waals surface area contributed by atoms with Crippen molar-refractivity contribution in [3.63, 3.8) is 0 Å². The molecule has 31 heavy (non-hydrogen) atoms. The number of anilines is 1. The van der Waals surface area contributed by atoms with Gasteiger partial charge in [-0.15, -0.1) is 0 Å². The number of nitrogens with one attached hydrogen (secondary N) is 1. The molecule has 0 heterocycles. The summed E-state index contributed by atoms with van der Waals surface area (Å²) in [6.07, 6.45) is 1.84. The molecule has 5 heteroatoms. The first-order valence-corrected chi connectivity index (χ1v) is 10.8. The Morgan fingerprint density at radius 2 is 1.52 bits per heavy atom. The predicted molar refractivity (Wildman–Crippen MR) is 125 cm³/mol. The molecule has 2 rings (SSSR count). The van der Waals surface area contributed by atoms with E-state index in [1.807, 2.05) is 19.1 Å². The second-order valence-corrected chi connectivity index (χ2v) is 9.70. The van der Waals surface area contributed by atoms with Crippen LogP contribution in [-0.2, 0) is 14.9 Å². The molecule has 0 saturated heterocycles. The minimum atomic E-state index is -0.364. The molecule has 0 aromatic heterocycles. The van der Waals surface area contributed by atoms with E-state index in [1.54, 1.807) is 24.3 Å². The molecule has 0 saturated carbocycles. The Balaban J connectivity index is 1.86. The van der Waals surface area contributed by atoms with Gasteiger partial charge in [-0.05, 0) is 65.6 Å². The molecule has 1 N–H and O–H groups in total. The van der Waals surface area contributed by atoms with Gasteiger partial charge in [0.25, 0.3) is 5.91 Å². The molecule has 0 bridgehead atoms. The SMILES string of the molecule is CCCOC(=O)c1ccc(NC(=O)COc2ccc(C(C)(C)CC(C)(C)C)cc2)cc1. The van der Waals surface area contributed by atoms with Crippen LogP contribution in [0.3, 0.4) is 0 Å². The van der Waals surface area contributed by atoms with Crippen molar-refractivity contribution < 1.29 is 19.1 Å². The lowest BCUT2D eigenvalue weighted by Gasteiger charge is -2.33. The smallest absolute Gasteiger partial charge is 0.338 e. The van der Waals surface area contributed by atoms with Crippen molar-refractivity contribution in [2.75, 3.05) is 18.5 Å². The fourth-order valence-corrected chi connectivity index (χ4v) is 3.74. The lowest BCUT2D eigenvalue weighted by atomic mass is 9.72. The number of hydrogen-bond donors (Lipinski definition) is 1. The van der Waals surface area contributed by atoms with Gasteiger partial charge in [-0.2, -0.15) is 0 Å². The maximum Gasteiger partial charge on any atom is 0.338 e. The zero-order valence-electron chi connectivity index (χ0n) is 19.6. The Labute approximate surface area is 186 Å². The summed E-state index contributed by atoms with van der Waals surface area (Å²) in [4.78, 5) is 24.0. The van der Waals surface area contributed by atoms with Gasteiger partial charge >= 0.3 is 5.97 Å². The maximum atomic E-state index is 12.2. The highest BCUT2D eigenvalue weighted by molar-refractivity contribution is 5.93. The lowest BCUT2D eigenvalue weighted by Crippen LogP contribution is -2.24. The molecule has 0 aliphatic carbocycles. The molecule has 2 aromatic rings. The van der Waals surface area contributed by atoms with Gasteiger partial charge in [-0.25, -0.2) is 4.79 Å². The Morgan fingerprint density at radius 1 is 0.903 bits per heavy atom. The molecule has 0 fully saturated rings. The number of ether oxygens (including phenoxy) is 2. The second-order valence-electron chi connectivity index (χ2n) is 9.70. The van der Waals surface area contributed by atoms with E-state index < -0.39 is 0 Å². The second kappa shape index (κ2) is 10.5. The van der Waals surface area contributed by atoms with Crippen LogP contribution >= 0.6 is 0 Å². The minimum Gasteiger partial charge on any atom is -0.484 e. The number of amides is 1. The summed E-state index contributed by atoms with van der Waals surface area (Å²) in [7, 11) is 0. The Hall–Kier alpha value is -2.82. The number of hydrogen-bond acceptors (Lipinski definition) is 4. The number of esters is 1. The topological polar surface area (TPSA) is 64.6 Å². The van der Waals surface area contributed by atoms with Gasteiger partial charge < -0.3 is 14.8 Å². The molecule has 168 valence electrons. The van der Waals surface area contributed by atoms with E-state index >= 15 is 0 Å². The maximum absolute atomic E-state index is 12.2. The van der Waals surface area contributed by atoms with Crippen molar-refractivity contribution in [2.24, 2.45) is 5.41 Å². The molecule has 0 spiro atoms. The molecular weight excluding hydrogens is 390 g/mol. The fraction of sp³-hybridized carbons (Fsp3) is 0.462. The molecule has 0 aliphatic heterocycles. The van der Waals surface area contributed by atoms with E-state index in [-0.39, 0.29) is 29.3 Å².